The number of ether oxygens (including phenoxy) is 1. The highest BCUT2D eigenvalue weighted by atomic mass is 32.2. The molecule has 9 heteroatoms. The number of carboxylic acids is 1. The molecule has 28 heavy (non-hydrogen) atoms. The molecule has 0 aromatic heterocycles. The normalized spacial score (nSPS) is 11.7. The number of aryl methyl sites for hydroxylation is 1. The van der Waals surface area contributed by atoms with Crippen molar-refractivity contribution in [2.45, 2.75) is 37.3 Å². The molecule has 0 saturated carbocycles. The lowest BCUT2D eigenvalue weighted by molar-refractivity contribution is -0.147. The van der Waals surface area contributed by atoms with E-state index in [-0.39, 0.29) is 24.3 Å². The van der Waals surface area contributed by atoms with Crippen LogP contribution < -0.4 is 5.73 Å². The molecule has 0 unspecified atom stereocenters. The molecule has 2 aromatic rings. The quantitative estimate of drug-likeness (QED) is 0.466. The average Bonchev–Trinajstić information content (AvgIpc) is 2.65. The fourth-order valence-electron chi connectivity index (χ4n) is 1.94. The Hall–Kier alpha value is -2.75. The zero-order chi connectivity index (χ0) is 21.2. The van der Waals surface area contributed by atoms with Crippen LogP contribution in [0.25, 0.3) is 0 Å². The smallest absolute Gasteiger partial charge is 0.323 e. The lowest BCUT2D eigenvalue weighted by atomic mass is 10.2. The van der Waals surface area contributed by atoms with Gasteiger partial charge in [0.05, 0.1) is 4.90 Å². The first-order valence-electron chi connectivity index (χ1n) is 8.31. The molecule has 0 fully saturated rings. The Labute approximate surface area is 163 Å². The van der Waals surface area contributed by atoms with Crippen molar-refractivity contribution in [3.05, 3.63) is 65.7 Å². The maximum Gasteiger partial charge on any atom is 0.323 e. The van der Waals surface area contributed by atoms with E-state index >= 15 is 0 Å². The topological polar surface area (TPSA) is 144 Å². The standard InChI is InChI=1S/C12H15NO4.C7H8O3S/c13-10(6-7-11(14)15)12(16)17-8-9-4-2-1-3-5-9;1-6-2-4-7(5-3-6)11(8,9)10/h1-5,10H,6-8,13H2,(H,14,15);2-5H,1H3,(H,8,9,10)/t10-;/m0./s1. The van der Waals surface area contributed by atoms with Crippen LogP contribution in [0, 0.1) is 6.92 Å². The number of hydrogen-bond acceptors (Lipinski definition) is 6. The third-order valence-electron chi connectivity index (χ3n) is 3.51. The maximum atomic E-state index is 11.4. The number of aliphatic carboxylic acids is 1. The Morgan fingerprint density at radius 2 is 1.64 bits per heavy atom. The highest BCUT2D eigenvalue weighted by molar-refractivity contribution is 7.85. The fourth-order valence-corrected chi connectivity index (χ4v) is 2.42. The van der Waals surface area contributed by atoms with Gasteiger partial charge in [0.1, 0.15) is 12.6 Å². The molecule has 0 amide bonds. The van der Waals surface area contributed by atoms with Gasteiger partial charge in [-0.3, -0.25) is 14.1 Å². The molecule has 0 aliphatic heterocycles. The van der Waals surface area contributed by atoms with Crippen molar-refractivity contribution in [2.24, 2.45) is 5.73 Å². The van der Waals surface area contributed by atoms with Crippen LogP contribution in [0.1, 0.15) is 24.0 Å². The highest BCUT2D eigenvalue weighted by Crippen LogP contribution is 2.08. The molecule has 0 spiro atoms. The van der Waals surface area contributed by atoms with Gasteiger partial charge in [-0.25, -0.2) is 0 Å². The molecule has 0 radical (unpaired) electrons. The lowest BCUT2D eigenvalue weighted by Gasteiger charge is -2.10. The summed E-state index contributed by atoms with van der Waals surface area (Å²) in [5.74, 6) is -1.55. The van der Waals surface area contributed by atoms with E-state index in [0.29, 0.717) is 0 Å². The summed E-state index contributed by atoms with van der Waals surface area (Å²) in [5, 5.41) is 8.44. The van der Waals surface area contributed by atoms with Gasteiger partial charge in [-0.15, -0.1) is 0 Å². The van der Waals surface area contributed by atoms with Gasteiger partial charge in [-0.1, -0.05) is 48.0 Å². The van der Waals surface area contributed by atoms with Gasteiger partial charge in [-0.2, -0.15) is 8.42 Å². The molecule has 2 aromatic carbocycles. The second kappa shape index (κ2) is 11.2. The van der Waals surface area contributed by atoms with Gasteiger partial charge in [-0.05, 0) is 31.0 Å². The second-order valence-corrected chi connectivity index (χ2v) is 7.34. The van der Waals surface area contributed by atoms with E-state index in [9.17, 15) is 18.0 Å². The summed E-state index contributed by atoms with van der Waals surface area (Å²) in [5.41, 5.74) is 7.31. The van der Waals surface area contributed by atoms with E-state index in [1.807, 2.05) is 37.3 Å². The first kappa shape index (κ1) is 23.3. The van der Waals surface area contributed by atoms with Crippen molar-refractivity contribution in [3.63, 3.8) is 0 Å². The largest absolute Gasteiger partial charge is 0.481 e. The number of carboxylic acid groups (broad SMARTS) is 1. The van der Waals surface area contributed by atoms with Gasteiger partial charge in [0.15, 0.2) is 0 Å². The predicted octanol–water partition coefficient (Wildman–Crippen LogP) is 2.16. The number of carbonyl (C=O) groups excluding carboxylic acids is 1. The van der Waals surface area contributed by atoms with Crippen LogP contribution in [0.4, 0.5) is 0 Å². The van der Waals surface area contributed by atoms with Gasteiger partial charge < -0.3 is 15.6 Å². The molecule has 0 heterocycles. The molecular weight excluding hydrogens is 386 g/mol. The van der Waals surface area contributed by atoms with E-state index in [1.54, 1.807) is 12.1 Å². The third kappa shape index (κ3) is 9.26. The van der Waals surface area contributed by atoms with Crippen LogP contribution in [0.2, 0.25) is 0 Å². The maximum absolute atomic E-state index is 11.4. The Kier molecular flexibility index (Phi) is 9.29. The van der Waals surface area contributed by atoms with Gasteiger partial charge in [0, 0.05) is 6.42 Å². The summed E-state index contributed by atoms with van der Waals surface area (Å²) in [4.78, 5) is 21.6. The third-order valence-corrected chi connectivity index (χ3v) is 4.38. The number of rotatable bonds is 7. The first-order valence-corrected chi connectivity index (χ1v) is 9.75. The second-order valence-electron chi connectivity index (χ2n) is 5.92. The molecule has 4 N–H and O–H groups in total. The minimum atomic E-state index is -4.02. The van der Waals surface area contributed by atoms with E-state index in [1.165, 1.54) is 12.1 Å². The minimum absolute atomic E-state index is 0.0666. The van der Waals surface area contributed by atoms with Crippen LogP contribution in [0.3, 0.4) is 0 Å². The minimum Gasteiger partial charge on any atom is -0.481 e. The molecular formula is C19H23NO7S. The number of nitrogens with two attached hydrogens (primary N) is 1. The number of hydrogen-bond donors (Lipinski definition) is 3. The van der Waals surface area contributed by atoms with Crippen molar-refractivity contribution < 1.29 is 32.4 Å². The fraction of sp³-hybridized carbons (Fsp3) is 0.263. The SMILES string of the molecule is Cc1ccc(S(=O)(=O)O)cc1.N[C@@H](CCC(=O)O)C(=O)OCc1ccccc1. The molecule has 152 valence electrons. The van der Waals surface area contributed by atoms with Crippen LogP contribution in [0.15, 0.2) is 59.5 Å². The van der Waals surface area contributed by atoms with Gasteiger partial charge in [0.25, 0.3) is 10.1 Å². The Morgan fingerprint density at radius 1 is 1.07 bits per heavy atom. The van der Waals surface area contributed by atoms with Crippen LogP contribution >= 0.6 is 0 Å². The molecule has 0 bridgehead atoms. The molecule has 8 nitrogen and oxygen atoms in total. The van der Waals surface area contributed by atoms with E-state index < -0.39 is 28.1 Å². The summed E-state index contributed by atoms with van der Waals surface area (Å²) < 4.78 is 34.5. The molecule has 0 saturated heterocycles. The molecule has 2 rings (SSSR count). The number of carbonyl (C=O) groups is 2. The molecule has 0 aliphatic carbocycles. The monoisotopic (exact) mass is 409 g/mol. The van der Waals surface area contributed by atoms with Crippen molar-refractivity contribution in [2.75, 3.05) is 0 Å². The van der Waals surface area contributed by atoms with Gasteiger partial charge in [0.2, 0.25) is 0 Å². The van der Waals surface area contributed by atoms with Crippen LogP contribution in [-0.4, -0.2) is 36.1 Å². The van der Waals surface area contributed by atoms with Crippen molar-refractivity contribution in [1.82, 2.24) is 0 Å². The Balaban J connectivity index is 0.000000307. The zero-order valence-corrected chi connectivity index (χ0v) is 16.1. The summed E-state index contributed by atoms with van der Waals surface area (Å²) >= 11 is 0. The van der Waals surface area contributed by atoms with E-state index in [2.05, 4.69) is 0 Å². The van der Waals surface area contributed by atoms with E-state index in [0.717, 1.165) is 11.1 Å². The summed E-state index contributed by atoms with van der Waals surface area (Å²) in [6.45, 7) is 1.99. The lowest BCUT2D eigenvalue weighted by Crippen LogP contribution is -2.32. The zero-order valence-electron chi connectivity index (χ0n) is 15.3. The van der Waals surface area contributed by atoms with E-state index in [4.69, 9.17) is 20.1 Å². The van der Waals surface area contributed by atoms with Crippen molar-refractivity contribution >= 4 is 22.1 Å². The summed E-state index contributed by atoms with van der Waals surface area (Å²) in [6.07, 6.45) is -0.0510. The predicted molar refractivity (Wildman–Crippen MR) is 102 cm³/mol. The summed E-state index contributed by atoms with van der Waals surface area (Å²) in [7, 11) is -4.02. The average molecular weight is 409 g/mol. The molecule has 0 aliphatic rings. The van der Waals surface area contributed by atoms with Crippen LogP contribution in [-0.2, 0) is 31.1 Å². The number of esters is 1. The van der Waals surface area contributed by atoms with Gasteiger partial charge >= 0.3 is 11.9 Å². The van der Waals surface area contributed by atoms with Crippen molar-refractivity contribution in [3.8, 4) is 0 Å². The summed E-state index contributed by atoms with van der Waals surface area (Å²) in [6, 6.07) is 14.3. The van der Waals surface area contributed by atoms with Crippen molar-refractivity contribution in [1.29, 1.82) is 0 Å². The first-order chi connectivity index (χ1) is 13.1. The highest BCUT2D eigenvalue weighted by Gasteiger charge is 2.16. The Morgan fingerprint density at radius 3 is 2.14 bits per heavy atom. The Bertz CT molecular complexity index is 865. The number of benzene rings is 2. The molecule has 1 atom stereocenters. The van der Waals surface area contributed by atoms with Crippen LogP contribution in [0.5, 0.6) is 0 Å².